The summed E-state index contributed by atoms with van der Waals surface area (Å²) < 4.78 is 5.17. The second-order valence-electron chi connectivity index (χ2n) is 5.98. The van der Waals surface area contributed by atoms with E-state index in [4.69, 9.17) is 4.99 Å². The highest BCUT2D eigenvalue weighted by Gasteiger charge is 2.09. The van der Waals surface area contributed by atoms with Crippen LogP contribution in [-0.4, -0.2) is 38.4 Å². The number of halogens is 2. The zero-order valence-electron chi connectivity index (χ0n) is 15.2. The maximum absolute atomic E-state index is 4.75. The van der Waals surface area contributed by atoms with Gasteiger partial charge in [-0.15, -0.1) is 24.0 Å². The molecule has 6 nitrogen and oxygen atoms in total. The van der Waals surface area contributed by atoms with Crippen LogP contribution in [0.3, 0.4) is 0 Å². The van der Waals surface area contributed by atoms with E-state index in [1.54, 1.807) is 0 Å². The fourth-order valence-electron chi connectivity index (χ4n) is 2.70. The molecule has 0 spiro atoms. The Kier molecular flexibility index (Phi) is 7.51. The number of imidazole rings is 1. The fraction of sp³-hybridized carbons (Fsp3) is 0.333. The van der Waals surface area contributed by atoms with Crippen molar-refractivity contribution in [3.05, 3.63) is 58.7 Å². The topological polar surface area (TPSA) is 49.9 Å². The van der Waals surface area contributed by atoms with Gasteiger partial charge >= 0.3 is 0 Å². The van der Waals surface area contributed by atoms with Crippen LogP contribution in [-0.2, 0) is 20.1 Å². The molecule has 8 heteroatoms. The summed E-state index contributed by atoms with van der Waals surface area (Å²) in [5.74, 6) is 0.877. The average Bonchev–Trinajstić information content (AvgIpc) is 3.17. The van der Waals surface area contributed by atoms with Crippen molar-refractivity contribution in [3.63, 3.8) is 0 Å². The Morgan fingerprint density at radius 1 is 1.31 bits per heavy atom. The van der Waals surface area contributed by atoms with E-state index >= 15 is 0 Å². The third-order valence-electron chi connectivity index (χ3n) is 4.00. The standard InChI is InChI=1S/C18H23BrN6.HI/c1-4-20-18(24(3)13-16-6-5-9-23(16)2)21-10-15-12-25-11-14(19)7-8-17(25)22-15;/h5-9,11-12H,4,10,13H2,1-3H3,(H,20,21);1H. The summed E-state index contributed by atoms with van der Waals surface area (Å²) in [5.41, 5.74) is 3.11. The van der Waals surface area contributed by atoms with Crippen LogP contribution >= 0.6 is 39.9 Å². The van der Waals surface area contributed by atoms with Crippen LogP contribution in [0.1, 0.15) is 18.3 Å². The lowest BCUT2D eigenvalue weighted by atomic mass is 10.4. The molecule has 0 aliphatic heterocycles. The maximum atomic E-state index is 4.75. The molecular formula is C18H24BrIN6. The number of nitrogens with zero attached hydrogens (tertiary/aromatic N) is 5. The molecule has 3 heterocycles. The van der Waals surface area contributed by atoms with Gasteiger partial charge in [0.1, 0.15) is 5.65 Å². The van der Waals surface area contributed by atoms with Gasteiger partial charge < -0.3 is 19.2 Å². The molecule has 0 saturated carbocycles. The van der Waals surface area contributed by atoms with Crippen LogP contribution < -0.4 is 5.32 Å². The van der Waals surface area contributed by atoms with Crippen molar-refractivity contribution >= 4 is 51.5 Å². The van der Waals surface area contributed by atoms with Crippen molar-refractivity contribution in [2.75, 3.05) is 13.6 Å². The number of fused-ring (bicyclic) bond motifs is 1. The van der Waals surface area contributed by atoms with Gasteiger partial charge in [-0.25, -0.2) is 9.98 Å². The zero-order valence-corrected chi connectivity index (χ0v) is 19.1. The summed E-state index contributed by atoms with van der Waals surface area (Å²) in [4.78, 5) is 11.5. The van der Waals surface area contributed by atoms with E-state index in [0.29, 0.717) is 6.54 Å². The summed E-state index contributed by atoms with van der Waals surface area (Å²) in [6.07, 6.45) is 6.08. The monoisotopic (exact) mass is 530 g/mol. The molecule has 0 fully saturated rings. The molecule has 0 aliphatic rings. The van der Waals surface area contributed by atoms with Crippen LogP contribution in [0.15, 0.2) is 52.3 Å². The second kappa shape index (κ2) is 9.40. The highest BCUT2D eigenvalue weighted by Crippen LogP contribution is 2.13. The van der Waals surface area contributed by atoms with Crippen LogP contribution in [0.4, 0.5) is 0 Å². The first-order chi connectivity index (χ1) is 12.1. The molecule has 1 N–H and O–H groups in total. The van der Waals surface area contributed by atoms with Gasteiger partial charge in [-0.3, -0.25) is 0 Å². The largest absolute Gasteiger partial charge is 0.357 e. The van der Waals surface area contributed by atoms with Crippen molar-refractivity contribution in [2.45, 2.75) is 20.0 Å². The number of guanidine groups is 1. The highest BCUT2D eigenvalue weighted by molar-refractivity contribution is 14.0. The Morgan fingerprint density at radius 3 is 2.81 bits per heavy atom. The summed E-state index contributed by atoms with van der Waals surface area (Å²) in [6, 6.07) is 8.17. The number of aliphatic imine (C=N–C) groups is 1. The predicted molar refractivity (Wildman–Crippen MR) is 120 cm³/mol. The molecule has 3 rings (SSSR count). The van der Waals surface area contributed by atoms with Gasteiger partial charge in [0.05, 0.1) is 18.8 Å². The van der Waals surface area contributed by atoms with Crippen molar-refractivity contribution in [3.8, 4) is 0 Å². The van der Waals surface area contributed by atoms with Gasteiger partial charge in [0, 0.05) is 49.4 Å². The number of hydrogen-bond donors (Lipinski definition) is 1. The third-order valence-corrected chi connectivity index (χ3v) is 4.47. The molecule has 3 aromatic heterocycles. The predicted octanol–water partition coefficient (Wildman–Crippen LogP) is 3.65. The number of rotatable bonds is 5. The van der Waals surface area contributed by atoms with E-state index in [1.165, 1.54) is 5.69 Å². The van der Waals surface area contributed by atoms with E-state index < -0.39 is 0 Å². The van der Waals surface area contributed by atoms with Gasteiger partial charge in [0.2, 0.25) is 0 Å². The SMILES string of the molecule is CCNC(=NCc1cn2cc(Br)ccc2n1)N(C)Cc1cccn1C.I. The molecule has 0 bridgehead atoms. The molecule has 0 unspecified atom stereocenters. The quantitative estimate of drug-likeness (QED) is 0.311. The molecule has 0 radical (unpaired) electrons. The van der Waals surface area contributed by atoms with E-state index in [9.17, 15) is 0 Å². The molecule has 0 amide bonds. The number of pyridine rings is 1. The van der Waals surface area contributed by atoms with E-state index in [0.717, 1.165) is 34.9 Å². The molecule has 140 valence electrons. The van der Waals surface area contributed by atoms with Gasteiger partial charge in [-0.2, -0.15) is 0 Å². The third kappa shape index (κ3) is 5.00. The summed E-state index contributed by atoms with van der Waals surface area (Å²) in [7, 11) is 4.11. The minimum absolute atomic E-state index is 0. The smallest absolute Gasteiger partial charge is 0.194 e. The minimum Gasteiger partial charge on any atom is -0.357 e. The van der Waals surface area contributed by atoms with Crippen LogP contribution in [0, 0.1) is 0 Å². The van der Waals surface area contributed by atoms with Gasteiger partial charge in [-0.05, 0) is 47.1 Å². The van der Waals surface area contributed by atoms with Crippen molar-refractivity contribution in [2.24, 2.45) is 12.0 Å². The Balaban J connectivity index is 0.00000243. The molecule has 0 aliphatic carbocycles. The lowest BCUT2D eigenvalue weighted by Crippen LogP contribution is -2.38. The Labute approximate surface area is 179 Å². The Morgan fingerprint density at radius 2 is 2.12 bits per heavy atom. The zero-order chi connectivity index (χ0) is 17.8. The first kappa shape index (κ1) is 20.8. The lowest BCUT2D eigenvalue weighted by molar-refractivity contribution is 0.461. The number of aromatic nitrogens is 3. The first-order valence-corrected chi connectivity index (χ1v) is 9.09. The first-order valence-electron chi connectivity index (χ1n) is 8.29. The second-order valence-corrected chi connectivity index (χ2v) is 6.90. The van der Waals surface area contributed by atoms with Gasteiger partial charge in [0.25, 0.3) is 0 Å². The molecule has 3 aromatic rings. The molecule has 0 saturated heterocycles. The van der Waals surface area contributed by atoms with E-state index in [1.807, 2.05) is 28.9 Å². The summed E-state index contributed by atoms with van der Waals surface area (Å²) in [5, 5.41) is 3.35. The van der Waals surface area contributed by atoms with Gasteiger partial charge in [-0.1, -0.05) is 0 Å². The molecule has 26 heavy (non-hydrogen) atoms. The van der Waals surface area contributed by atoms with Crippen LogP contribution in [0.2, 0.25) is 0 Å². The van der Waals surface area contributed by atoms with Crippen LogP contribution in [0.25, 0.3) is 5.65 Å². The molecule has 0 atom stereocenters. The molecular weight excluding hydrogens is 507 g/mol. The summed E-state index contributed by atoms with van der Waals surface area (Å²) >= 11 is 3.48. The van der Waals surface area contributed by atoms with Gasteiger partial charge in [0.15, 0.2) is 5.96 Å². The lowest BCUT2D eigenvalue weighted by Gasteiger charge is -2.22. The summed E-state index contributed by atoms with van der Waals surface area (Å²) in [6.45, 7) is 4.25. The van der Waals surface area contributed by atoms with E-state index in [-0.39, 0.29) is 24.0 Å². The number of hydrogen-bond acceptors (Lipinski definition) is 2. The van der Waals surface area contributed by atoms with Crippen LogP contribution in [0.5, 0.6) is 0 Å². The average molecular weight is 531 g/mol. The van der Waals surface area contributed by atoms with Crippen molar-refractivity contribution < 1.29 is 0 Å². The fourth-order valence-corrected chi connectivity index (χ4v) is 3.05. The normalized spacial score (nSPS) is 11.5. The Hall–Kier alpha value is -1.55. The number of aryl methyl sites for hydroxylation is 1. The highest BCUT2D eigenvalue weighted by atomic mass is 127. The minimum atomic E-state index is 0. The van der Waals surface area contributed by atoms with E-state index in [2.05, 4.69) is 75.0 Å². The maximum Gasteiger partial charge on any atom is 0.194 e. The number of nitrogens with one attached hydrogen (secondary N) is 1. The van der Waals surface area contributed by atoms with Crippen molar-refractivity contribution in [1.82, 2.24) is 24.2 Å². The Bertz CT molecular complexity index is 885. The molecule has 0 aromatic carbocycles. The van der Waals surface area contributed by atoms with Crippen molar-refractivity contribution in [1.29, 1.82) is 0 Å².